The van der Waals surface area contributed by atoms with Crippen LogP contribution >= 0.6 is 0 Å². The fraction of sp³-hybridized carbons (Fsp3) is 0.692. The van der Waals surface area contributed by atoms with Gasteiger partial charge in [0, 0.05) is 11.4 Å². The zero-order valence-corrected chi connectivity index (χ0v) is 11.7. The Morgan fingerprint density at radius 1 is 1.12 bits per heavy atom. The van der Waals surface area contributed by atoms with Gasteiger partial charge in [-0.15, -0.1) is 0 Å². The Kier molecular flexibility index (Phi) is 5.51. The van der Waals surface area contributed by atoms with Gasteiger partial charge in [0.25, 0.3) is 0 Å². The highest BCUT2D eigenvalue weighted by Gasteiger charge is 2.08. The minimum absolute atomic E-state index is 0.801. The second-order valence-electron chi connectivity index (χ2n) is 4.63. The Morgan fingerprint density at radius 3 is 2.18 bits per heavy atom. The second-order valence-corrected chi connectivity index (χ2v) is 4.63. The smallest absolute Gasteiger partial charge is 0.142 e. The molecule has 0 amide bonds. The average Bonchev–Trinajstić information content (AvgIpc) is 2.21. The minimum Gasteiger partial charge on any atom is -0.317 e. The van der Waals surface area contributed by atoms with E-state index in [4.69, 9.17) is 0 Å². The van der Waals surface area contributed by atoms with Crippen LogP contribution in [0.2, 0.25) is 0 Å². The molecule has 0 radical (unpaired) electrons. The zero-order chi connectivity index (χ0) is 12.8. The van der Waals surface area contributed by atoms with Gasteiger partial charge in [0.1, 0.15) is 5.82 Å². The summed E-state index contributed by atoms with van der Waals surface area (Å²) in [5.74, 6) is 0.914. The van der Waals surface area contributed by atoms with Gasteiger partial charge in [-0.25, -0.2) is 9.97 Å². The summed E-state index contributed by atoms with van der Waals surface area (Å²) in [5, 5.41) is 3.33. The van der Waals surface area contributed by atoms with Gasteiger partial charge < -0.3 is 10.2 Å². The molecule has 0 bridgehead atoms. The quantitative estimate of drug-likeness (QED) is 0.756. The maximum absolute atomic E-state index is 4.57. The number of aromatic nitrogens is 2. The average molecular weight is 236 g/mol. The third kappa shape index (κ3) is 4.40. The number of nitrogens with one attached hydrogen (secondary N) is 1. The molecule has 1 N–H and O–H groups in total. The summed E-state index contributed by atoms with van der Waals surface area (Å²) < 4.78 is 0. The molecule has 96 valence electrons. The molecule has 0 saturated heterocycles. The van der Waals surface area contributed by atoms with Gasteiger partial charge in [-0.05, 0) is 53.0 Å². The molecule has 0 aliphatic carbocycles. The molecule has 4 nitrogen and oxygen atoms in total. The molecule has 0 saturated carbocycles. The zero-order valence-electron chi connectivity index (χ0n) is 11.7. The lowest BCUT2D eigenvalue weighted by Crippen LogP contribution is -2.19. The van der Waals surface area contributed by atoms with Crippen molar-refractivity contribution in [3.8, 4) is 0 Å². The van der Waals surface area contributed by atoms with Crippen LogP contribution in [0.5, 0.6) is 0 Å². The summed E-state index contributed by atoms with van der Waals surface area (Å²) in [6, 6.07) is 0. The highest BCUT2D eigenvalue weighted by Crippen LogP contribution is 2.11. The molecular formula is C13H24N4. The molecule has 0 aliphatic heterocycles. The summed E-state index contributed by atoms with van der Waals surface area (Å²) in [6.07, 6.45) is 1.01. The molecule has 0 aliphatic rings. The Labute approximate surface area is 104 Å². The Bertz CT molecular complexity index is 337. The van der Waals surface area contributed by atoms with Gasteiger partial charge in [0.15, 0.2) is 0 Å². The van der Waals surface area contributed by atoms with Crippen LogP contribution in [0, 0.1) is 13.8 Å². The van der Waals surface area contributed by atoms with E-state index in [0.29, 0.717) is 0 Å². The number of nitrogens with zero attached hydrogens (tertiary/aromatic N) is 3. The molecule has 0 fully saturated rings. The minimum atomic E-state index is 0.801. The van der Waals surface area contributed by atoms with Crippen LogP contribution in [-0.2, 0) is 13.0 Å². The number of hydrogen-bond donors (Lipinski definition) is 1. The first-order valence-corrected chi connectivity index (χ1v) is 6.23. The topological polar surface area (TPSA) is 41.1 Å². The normalized spacial score (nSPS) is 11.2. The van der Waals surface area contributed by atoms with Crippen molar-refractivity contribution in [2.75, 3.05) is 27.2 Å². The molecule has 1 aromatic heterocycles. The molecule has 0 aromatic carbocycles. The van der Waals surface area contributed by atoms with Crippen molar-refractivity contribution < 1.29 is 0 Å². The van der Waals surface area contributed by atoms with Crippen molar-refractivity contribution >= 4 is 0 Å². The number of aryl methyl sites for hydroxylation is 2. The van der Waals surface area contributed by atoms with E-state index >= 15 is 0 Å². The molecule has 0 atom stereocenters. The molecule has 1 rings (SSSR count). The predicted molar refractivity (Wildman–Crippen MR) is 71.1 cm³/mol. The SMILES string of the molecule is CCNCCc1c(C)nc(CN(C)C)nc1C. The summed E-state index contributed by atoms with van der Waals surface area (Å²) in [5.41, 5.74) is 3.52. The summed E-state index contributed by atoms with van der Waals surface area (Å²) in [6.45, 7) is 9.09. The van der Waals surface area contributed by atoms with Crippen LogP contribution < -0.4 is 5.32 Å². The first kappa shape index (κ1) is 14.1. The summed E-state index contributed by atoms with van der Waals surface area (Å²) in [7, 11) is 4.07. The van der Waals surface area contributed by atoms with Gasteiger partial charge in [-0.1, -0.05) is 6.92 Å². The number of rotatable bonds is 6. The summed E-state index contributed by atoms with van der Waals surface area (Å²) in [4.78, 5) is 11.2. The third-order valence-electron chi connectivity index (χ3n) is 2.73. The predicted octanol–water partition coefficient (Wildman–Crippen LogP) is 1.31. The van der Waals surface area contributed by atoms with E-state index in [9.17, 15) is 0 Å². The van der Waals surface area contributed by atoms with E-state index in [0.717, 1.165) is 43.3 Å². The molecule has 17 heavy (non-hydrogen) atoms. The van der Waals surface area contributed by atoms with E-state index in [-0.39, 0.29) is 0 Å². The lowest BCUT2D eigenvalue weighted by Gasteiger charge is -2.13. The van der Waals surface area contributed by atoms with Crippen molar-refractivity contribution in [2.45, 2.75) is 33.7 Å². The van der Waals surface area contributed by atoms with Gasteiger partial charge in [0.2, 0.25) is 0 Å². The van der Waals surface area contributed by atoms with Crippen molar-refractivity contribution in [2.24, 2.45) is 0 Å². The lowest BCUT2D eigenvalue weighted by molar-refractivity contribution is 0.389. The fourth-order valence-electron chi connectivity index (χ4n) is 1.91. The molecule has 4 heteroatoms. The van der Waals surface area contributed by atoms with E-state index in [1.54, 1.807) is 0 Å². The monoisotopic (exact) mass is 236 g/mol. The van der Waals surface area contributed by atoms with Crippen LogP contribution in [0.4, 0.5) is 0 Å². The van der Waals surface area contributed by atoms with Gasteiger partial charge in [0.05, 0.1) is 6.54 Å². The van der Waals surface area contributed by atoms with Crippen molar-refractivity contribution in [3.63, 3.8) is 0 Å². The Morgan fingerprint density at radius 2 is 1.71 bits per heavy atom. The van der Waals surface area contributed by atoms with Crippen LogP contribution in [0.15, 0.2) is 0 Å². The first-order valence-electron chi connectivity index (χ1n) is 6.23. The largest absolute Gasteiger partial charge is 0.317 e. The van der Waals surface area contributed by atoms with Gasteiger partial charge in [-0.2, -0.15) is 0 Å². The van der Waals surface area contributed by atoms with Crippen molar-refractivity contribution in [1.82, 2.24) is 20.2 Å². The van der Waals surface area contributed by atoms with Crippen LogP contribution in [0.1, 0.15) is 29.7 Å². The lowest BCUT2D eigenvalue weighted by atomic mass is 10.1. The molecule has 1 heterocycles. The van der Waals surface area contributed by atoms with E-state index in [2.05, 4.69) is 41.0 Å². The van der Waals surface area contributed by atoms with Crippen LogP contribution in [0.3, 0.4) is 0 Å². The molecule has 0 spiro atoms. The number of hydrogen-bond acceptors (Lipinski definition) is 4. The molecule has 1 aromatic rings. The first-order chi connectivity index (χ1) is 8.04. The van der Waals surface area contributed by atoms with E-state index in [1.807, 2.05) is 14.1 Å². The van der Waals surface area contributed by atoms with Crippen LogP contribution in [0.25, 0.3) is 0 Å². The highest BCUT2D eigenvalue weighted by molar-refractivity contribution is 5.24. The molecular weight excluding hydrogens is 212 g/mol. The maximum atomic E-state index is 4.57. The maximum Gasteiger partial charge on any atom is 0.142 e. The van der Waals surface area contributed by atoms with Gasteiger partial charge >= 0.3 is 0 Å². The third-order valence-corrected chi connectivity index (χ3v) is 2.73. The van der Waals surface area contributed by atoms with Crippen LogP contribution in [-0.4, -0.2) is 42.1 Å². The fourth-order valence-corrected chi connectivity index (χ4v) is 1.91. The standard InChI is InChI=1S/C13H24N4/c1-6-14-8-7-12-10(2)15-13(9-17(4)5)16-11(12)3/h14H,6-9H2,1-5H3. The van der Waals surface area contributed by atoms with E-state index in [1.165, 1.54) is 5.56 Å². The van der Waals surface area contributed by atoms with Gasteiger partial charge in [-0.3, -0.25) is 0 Å². The van der Waals surface area contributed by atoms with Crippen molar-refractivity contribution in [1.29, 1.82) is 0 Å². The Hall–Kier alpha value is -1.00. The molecule has 0 unspecified atom stereocenters. The highest BCUT2D eigenvalue weighted by atomic mass is 15.1. The Balaban J connectivity index is 2.79. The second kappa shape index (κ2) is 6.67. The number of likely N-dealkylation sites (N-methyl/N-ethyl adjacent to an activating group) is 1. The van der Waals surface area contributed by atoms with Crippen molar-refractivity contribution in [3.05, 3.63) is 22.8 Å². The summed E-state index contributed by atoms with van der Waals surface area (Å²) >= 11 is 0. The van der Waals surface area contributed by atoms with E-state index < -0.39 is 0 Å².